The lowest BCUT2D eigenvalue weighted by Gasteiger charge is -1.97. The summed E-state index contributed by atoms with van der Waals surface area (Å²) in [7, 11) is 0. The highest BCUT2D eigenvalue weighted by Gasteiger charge is 2.02. The summed E-state index contributed by atoms with van der Waals surface area (Å²) in [5, 5.41) is 0. The molecule has 0 aromatic rings. The Labute approximate surface area is 78.5 Å². The summed E-state index contributed by atoms with van der Waals surface area (Å²) < 4.78 is 0. The monoisotopic (exact) mass is 184 g/mol. The predicted octanol–water partition coefficient (Wildman–Crippen LogP) is 1.68. The zero-order valence-electron chi connectivity index (χ0n) is 8.04. The van der Waals surface area contributed by atoms with Crippen molar-refractivity contribution in [2.45, 2.75) is 45.4 Å². The second-order valence-corrected chi connectivity index (χ2v) is 3.15. The van der Waals surface area contributed by atoms with E-state index in [0.717, 1.165) is 6.29 Å². The second kappa shape index (κ2) is 7.65. The van der Waals surface area contributed by atoms with Crippen LogP contribution in [0, 0.1) is 0 Å². The molecule has 13 heavy (non-hydrogen) atoms. The summed E-state index contributed by atoms with van der Waals surface area (Å²) in [6.07, 6.45) is 3.99. The van der Waals surface area contributed by atoms with Crippen LogP contribution in [-0.2, 0) is 14.4 Å². The number of hydrogen-bond acceptors (Lipinski definition) is 3. The van der Waals surface area contributed by atoms with Crippen LogP contribution in [0.1, 0.15) is 45.4 Å². The van der Waals surface area contributed by atoms with Gasteiger partial charge in [-0.25, -0.2) is 0 Å². The van der Waals surface area contributed by atoms with Crippen molar-refractivity contribution in [3.05, 3.63) is 0 Å². The number of hydrogen-bond donors (Lipinski definition) is 0. The first-order valence-electron chi connectivity index (χ1n) is 4.61. The lowest BCUT2D eigenvalue weighted by Crippen LogP contribution is -1.99. The minimum atomic E-state index is 0.126. The van der Waals surface area contributed by atoms with Crippen LogP contribution in [-0.4, -0.2) is 17.9 Å². The van der Waals surface area contributed by atoms with Crippen molar-refractivity contribution < 1.29 is 14.4 Å². The minimum Gasteiger partial charge on any atom is -0.303 e. The zero-order valence-corrected chi connectivity index (χ0v) is 8.04. The Morgan fingerprint density at radius 1 is 1.08 bits per heavy atom. The van der Waals surface area contributed by atoms with Crippen LogP contribution in [0.15, 0.2) is 0 Å². The third kappa shape index (κ3) is 8.92. The molecule has 0 aliphatic heterocycles. The molecule has 0 unspecified atom stereocenters. The summed E-state index contributed by atoms with van der Waals surface area (Å²) in [5.41, 5.74) is 0. The number of carbonyl (C=O) groups is 3. The molecule has 74 valence electrons. The minimum absolute atomic E-state index is 0.126. The third-order valence-electron chi connectivity index (χ3n) is 1.76. The highest BCUT2D eigenvalue weighted by Crippen LogP contribution is 2.03. The quantitative estimate of drug-likeness (QED) is 0.426. The molecule has 0 atom stereocenters. The molecule has 0 rings (SSSR count). The Morgan fingerprint density at radius 3 is 2.23 bits per heavy atom. The van der Waals surface area contributed by atoms with Gasteiger partial charge in [-0.1, -0.05) is 0 Å². The molecular formula is C10H16O3. The van der Waals surface area contributed by atoms with Gasteiger partial charge in [0.25, 0.3) is 0 Å². The number of aldehydes is 1. The Kier molecular flexibility index (Phi) is 7.07. The van der Waals surface area contributed by atoms with Gasteiger partial charge in [0.05, 0.1) is 0 Å². The number of Topliss-reactive ketones (excluding diaryl/α,β-unsaturated/α-hetero) is 2. The van der Waals surface area contributed by atoms with E-state index in [9.17, 15) is 14.4 Å². The Bertz CT molecular complexity index is 185. The average Bonchev–Trinajstić information content (AvgIpc) is 2.04. The van der Waals surface area contributed by atoms with E-state index < -0.39 is 0 Å². The maximum absolute atomic E-state index is 11.1. The van der Waals surface area contributed by atoms with Gasteiger partial charge < -0.3 is 9.59 Å². The van der Waals surface area contributed by atoms with E-state index >= 15 is 0 Å². The van der Waals surface area contributed by atoms with E-state index in [1.165, 1.54) is 6.92 Å². The number of ketones is 2. The summed E-state index contributed by atoms with van der Waals surface area (Å²) in [4.78, 5) is 31.5. The number of rotatable bonds is 8. The molecular weight excluding hydrogens is 168 g/mol. The van der Waals surface area contributed by atoms with E-state index in [2.05, 4.69) is 0 Å². The van der Waals surface area contributed by atoms with Crippen LogP contribution in [0.5, 0.6) is 0 Å². The van der Waals surface area contributed by atoms with Gasteiger partial charge >= 0.3 is 0 Å². The fourth-order valence-electron chi connectivity index (χ4n) is 1.04. The molecule has 0 saturated heterocycles. The molecule has 0 bridgehead atoms. The van der Waals surface area contributed by atoms with Crippen LogP contribution < -0.4 is 0 Å². The van der Waals surface area contributed by atoms with Crippen LogP contribution in [0.25, 0.3) is 0 Å². The summed E-state index contributed by atoms with van der Waals surface area (Å²) in [6, 6.07) is 0. The van der Waals surface area contributed by atoms with E-state index in [-0.39, 0.29) is 11.6 Å². The lowest BCUT2D eigenvalue weighted by molar-refractivity contribution is -0.119. The largest absolute Gasteiger partial charge is 0.303 e. The molecule has 0 radical (unpaired) electrons. The fourth-order valence-corrected chi connectivity index (χ4v) is 1.04. The van der Waals surface area contributed by atoms with E-state index in [1.807, 2.05) is 0 Å². The van der Waals surface area contributed by atoms with E-state index in [1.54, 1.807) is 0 Å². The normalized spacial score (nSPS) is 9.62. The van der Waals surface area contributed by atoms with Crippen LogP contribution in [0.4, 0.5) is 0 Å². The molecule has 0 amide bonds. The van der Waals surface area contributed by atoms with Gasteiger partial charge in [-0.2, -0.15) is 0 Å². The van der Waals surface area contributed by atoms with Gasteiger partial charge in [0, 0.05) is 25.7 Å². The summed E-state index contributed by atoms with van der Waals surface area (Å²) >= 11 is 0. The fraction of sp³-hybridized carbons (Fsp3) is 0.700. The molecule has 3 nitrogen and oxygen atoms in total. The van der Waals surface area contributed by atoms with E-state index in [4.69, 9.17) is 0 Å². The van der Waals surface area contributed by atoms with Gasteiger partial charge in [0.2, 0.25) is 0 Å². The van der Waals surface area contributed by atoms with Crippen LogP contribution >= 0.6 is 0 Å². The van der Waals surface area contributed by atoms with Crippen molar-refractivity contribution in [2.24, 2.45) is 0 Å². The highest BCUT2D eigenvalue weighted by atomic mass is 16.1. The first-order valence-corrected chi connectivity index (χ1v) is 4.61. The third-order valence-corrected chi connectivity index (χ3v) is 1.76. The van der Waals surface area contributed by atoms with Crippen molar-refractivity contribution in [3.63, 3.8) is 0 Å². The second-order valence-electron chi connectivity index (χ2n) is 3.15. The maximum atomic E-state index is 11.1. The molecule has 0 fully saturated rings. The first kappa shape index (κ1) is 12.0. The first-order chi connectivity index (χ1) is 6.16. The SMILES string of the molecule is CC(=O)CCCC(=O)CCCC=O. The Morgan fingerprint density at radius 2 is 1.69 bits per heavy atom. The maximum Gasteiger partial charge on any atom is 0.132 e. The van der Waals surface area contributed by atoms with E-state index in [0.29, 0.717) is 38.5 Å². The molecule has 0 aromatic carbocycles. The van der Waals surface area contributed by atoms with Crippen molar-refractivity contribution in [2.75, 3.05) is 0 Å². The summed E-state index contributed by atoms with van der Waals surface area (Å²) in [5.74, 6) is 0.281. The molecule has 0 aliphatic rings. The molecule has 0 aromatic heterocycles. The molecule has 0 aliphatic carbocycles. The Balaban J connectivity index is 3.30. The van der Waals surface area contributed by atoms with Crippen LogP contribution in [0.2, 0.25) is 0 Å². The van der Waals surface area contributed by atoms with Gasteiger partial charge in [0.1, 0.15) is 17.9 Å². The molecule has 0 heterocycles. The Hall–Kier alpha value is -0.990. The zero-order chi connectivity index (χ0) is 10.1. The number of unbranched alkanes of at least 4 members (excludes halogenated alkanes) is 1. The predicted molar refractivity (Wildman–Crippen MR) is 49.5 cm³/mol. The topological polar surface area (TPSA) is 51.2 Å². The van der Waals surface area contributed by atoms with Gasteiger partial charge in [-0.3, -0.25) is 4.79 Å². The van der Waals surface area contributed by atoms with Crippen molar-refractivity contribution in [1.82, 2.24) is 0 Å². The van der Waals surface area contributed by atoms with Gasteiger partial charge in [0.15, 0.2) is 0 Å². The molecule has 3 heteroatoms. The van der Waals surface area contributed by atoms with Crippen molar-refractivity contribution >= 4 is 17.9 Å². The summed E-state index contributed by atoms with van der Waals surface area (Å²) in [6.45, 7) is 1.52. The van der Waals surface area contributed by atoms with Gasteiger partial charge in [-0.05, 0) is 19.8 Å². The van der Waals surface area contributed by atoms with Crippen molar-refractivity contribution in [1.29, 1.82) is 0 Å². The van der Waals surface area contributed by atoms with Crippen LogP contribution in [0.3, 0.4) is 0 Å². The average molecular weight is 184 g/mol. The molecule has 0 saturated carbocycles. The number of carbonyl (C=O) groups excluding carboxylic acids is 3. The standard InChI is InChI=1S/C10H16O3/c1-9(12)5-4-7-10(13)6-2-3-8-11/h8H,2-7H2,1H3. The lowest BCUT2D eigenvalue weighted by atomic mass is 10.1. The highest BCUT2D eigenvalue weighted by molar-refractivity contribution is 5.80. The molecule has 0 spiro atoms. The molecule has 0 N–H and O–H groups in total. The van der Waals surface area contributed by atoms with Crippen molar-refractivity contribution in [3.8, 4) is 0 Å². The smallest absolute Gasteiger partial charge is 0.132 e. The van der Waals surface area contributed by atoms with Gasteiger partial charge in [-0.15, -0.1) is 0 Å².